The minimum Gasteiger partial charge on any atom is -0.465 e. The Labute approximate surface area is 193 Å². The average Bonchev–Trinajstić information content (AvgIpc) is 3.11. The minimum absolute atomic E-state index is 0.000701. The lowest BCUT2D eigenvalue weighted by molar-refractivity contribution is 0.0599. The van der Waals surface area contributed by atoms with E-state index in [1.165, 1.54) is 13.2 Å². The molecule has 0 saturated carbocycles. The topological polar surface area (TPSA) is 89.7 Å². The zero-order valence-corrected chi connectivity index (χ0v) is 18.2. The zero-order chi connectivity index (χ0) is 23.1. The smallest absolute Gasteiger partial charge is 0.337 e. The van der Waals surface area contributed by atoms with Gasteiger partial charge in [-0.1, -0.05) is 29.8 Å². The molecule has 5 rings (SSSR count). The number of hydrogen-bond donors (Lipinski definition) is 0. The Bertz CT molecular complexity index is 1450. The summed E-state index contributed by atoms with van der Waals surface area (Å²) in [5.41, 5.74) is 2.03. The van der Waals surface area contributed by atoms with Crippen molar-refractivity contribution in [1.82, 2.24) is 9.88 Å². The quantitative estimate of drug-likeness (QED) is 0.420. The number of ether oxygens (including phenoxy) is 1. The number of carbonyl (C=O) groups excluding carboxylic acids is 2. The molecule has 4 aromatic rings. The van der Waals surface area contributed by atoms with Crippen molar-refractivity contribution in [3.63, 3.8) is 0 Å². The van der Waals surface area contributed by atoms with Gasteiger partial charge >= 0.3 is 5.97 Å². The molecule has 7 nitrogen and oxygen atoms in total. The number of amides is 1. The Morgan fingerprint density at radius 3 is 2.64 bits per heavy atom. The first kappa shape index (κ1) is 20.9. The average molecular weight is 461 g/mol. The van der Waals surface area contributed by atoms with E-state index in [1.54, 1.807) is 59.8 Å². The van der Waals surface area contributed by atoms with E-state index >= 15 is 0 Å². The maximum absolute atomic E-state index is 13.5. The maximum Gasteiger partial charge on any atom is 0.337 e. The van der Waals surface area contributed by atoms with E-state index in [2.05, 4.69) is 4.98 Å². The van der Waals surface area contributed by atoms with Gasteiger partial charge in [-0.3, -0.25) is 14.6 Å². The molecule has 0 N–H and O–H groups in total. The van der Waals surface area contributed by atoms with Gasteiger partial charge in [0.15, 0.2) is 5.43 Å². The van der Waals surface area contributed by atoms with Crippen LogP contribution >= 0.6 is 11.6 Å². The number of fused-ring (bicyclic) bond motifs is 2. The standard InChI is InChI=1S/C25H17ClN2O5/c1-32-25(31)16-6-4-15(5-7-16)21-20-22(29)18-11-17(26)8-9-19(18)33-23(20)24(30)28(21)13-14-3-2-10-27-12-14/h2-12,21H,13H2,1H3/t21-/m0/s1. The summed E-state index contributed by atoms with van der Waals surface area (Å²) in [6.45, 7) is 0.219. The normalized spacial score (nSPS) is 15.0. The largest absolute Gasteiger partial charge is 0.465 e. The van der Waals surface area contributed by atoms with E-state index in [-0.39, 0.29) is 23.3 Å². The molecule has 33 heavy (non-hydrogen) atoms. The number of rotatable bonds is 4. The van der Waals surface area contributed by atoms with Gasteiger partial charge in [0.25, 0.3) is 5.91 Å². The molecule has 0 fully saturated rings. The van der Waals surface area contributed by atoms with Gasteiger partial charge in [0, 0.05) is 24.0 Å². The SMILES string of the molecule is COC(=O)c1ccc([C@H]2c3c(oc4ccc(Cl)cc4c3=O)C(=O)N2Cc2cccnc2)cc1. The maximum atomic E-state index is 13.5. The van der Waals surface area contributed by atoms with Crippen molar-refractivity contribution in [2.24, 2.45) is 0 Å². The van der Waals surface area contributed by atoms with Crippen LogP contribution in [-0.4, -0.2) is 28.9 Å². The minimum atomic E-state index is -0.709. The molecule has 0 unspecified atom stereocenters. The second kappa shape index (κ2) is 8.18. The van der Waals surface area contributed by atoms with Gasteiger partial charge in [-0.25, -0.2) is 4.79 Å². The summed E-state index contributed by atoms with van der Waals surface area (Å²) >= 11 is 6.11. The molecule has 0 radical (unpaired) electrons. The Morgan fingerprint density at radius 1 is 1.15 bits per heavy atom. The first-order valence-corrected chi connectivity index (χ1v) is 10.5. The molecule has 164 valence electrons. The highest BCUT2D eigenvalue weighted by Gasteiger charge is 2.42. The molecule has 1 aliphatic heterocycles. The van der Waals surface area contributed by atoms with Gasteiger partial charge in [-0.05, 0) is 47.5 Å². The molecular formula is C25H17ClN2O5. The second-order valence-corrected chi connectivity index (χ2v) is 8.06. The molecular weight excluding hydrogens is 444 g/mol. The van der Waals surface area contributed by atoms with E-state index in [4.69, 9.17) is 20.8 Å². The van der Waals surface area contributed by atoms with Crippen LogP contribution in [0.3, 0.4) is 0 Å². The number of carbonyl (C=O) groups is 2. The fourth-order valence-corrected chi connectivity index (χ4v) is 4.28. The summed E-state index contributed by atoms with van der Waals surface area (Å²) in [6.07, 6.45) is 3.31. The van der Waals surface area contributed by atoms with Gasteiger partial charge in [0.2, 0.25) is 5.76 Å². The van der Waals surface area contributed by atoms with Gasteiger partial charge in [0.05, 0.1) is 29.7 Å². The molecule has 0 aliphatic carbocycles. The van der Waals surface area contributed by atoms with Crippen LogP contribution in [0.2, 0.25) is 5.02 Å². The number of methoxy groups -OCH3 is 1. The van der Waals surface area contributed by atoms with E-state index < -0.39 is 17.9 Å². The second-order valence-electron chi connectivity index (χ2n) is 7.62. The van der Waals surface area contributed by atoms with Crippen molar-refractivity contribution in [2.45, 2.75) is 12.6 Å². The molecule has 0 spiro atoms. The van der Waals surface area contributed by atoms with Crippen LogP contribution in [0.1, 0.15) is 43.6 Å². The highest BCUT2D eigenvalue weighted by molar-refractivity contribution is 6.31. The van der Waals surface area contributed by atoms with Crippen molar-refractivity contribution >= 4 is 34.4 Å². The van der Waals surface area contributed by atoms with Crippen LogP contribution < -0.4 is 5.43 Å². The molecule has 8 heteroatoms. The summed E-state index contributed by atoms with van der Waals surface area (Å²) in [4.78, 5) is 44.5. The molecule has 1 atom stereocenters. The Balaban J connectivity index is 1.70. The number of benzene rings is 2. The van der Waals surface area contributed by atoms with Crippen LogP contribution in [0.25, 0.3) is 11.0 Å². The predicted molar refractivity (Wildman–Crippen MR) is 121 cm³/mol. The van der Waals surface area contributed by atoms with E-state index in [9.17, 15) is 14.4 Å². The lowest BCUT2D eigenvalue weighted by Crippen LogP contribution is -2.29. The van der Waals surface area contributed by atoms with Gasteiger partial charge < -0.3 is 14.1 Å². The summed E-state index contributed by atoms with van der Waals surface area (Å²) in [6, 6.07) is 14.3. The number of aromatic nitrogens is 1. The van der Waals surface area contributed by atoms with Gasteiger partial charge in [-0.15, -0.1) is 0 Å². The third kappa shape index (κ3) is 3.56. The number of halogens is 1. The van der Waals surface area contributed by atoms with Gasteiger partial charge in [0.1, 0.15) is 5.58 Å². The molecule has 2 aromatic carbocycles. The van der Waals surface area contributed by atoms with E-state index in [0.717, 1.165) is 5.56 Å². The van der Waals surface area contributed by atoms with Crippen LogP contribution in [0, 0.1) is 0 Å². The first-order valence-electron chi connectivity index (χ1n) is 10.1. The summed E-state index contributed by atoms with van der Waals surface area (Å²) in [5.74, 6) is -0.873. The Kier molecular flexibility index (Phi) is 5.18. The van der Waals surface area contributed by atoms with Crippen molar-refractivity contribution in [1.29, 1.82) is 0 Å². The van der Waals surface area contributed by atoms with Crippen molar-refractivity contribution in [2.75, 3.05) is 7.11 Å². The van der Waals surface area contributed by atoms with E-state index in [1.807, 2.05) is 6.07 Å². The molecule has 2 aromatic heterocycles. The highest BCUT2D eigenvalue weighted by atomic mass is 35.5. The van der Waals surface area contributed by atoms with Crippen LogP contribution in [-0.2, 0) is 11.3 Å². The lowest BCUT2D eigenvalue weighted by Gasteiger charge is -2.25. The Morgan fingerprint density at radius 2 is 1.94 bits per heavy atom. The van der Waals surface area contributed by atoms with Crippen LogP contribution in [0.4, 0.5) is 0 Å². The third-order valence-corrected chi connectivity index (χ3v) is 5.89. The first-order chi connectivity index (χ1) is 16.0. The number of nitrogens with zero attached hydrogens (tertiary/aromatic N) is 2. The van der Waals surface area contributed by atoms with Crippen LogP contribution in [0.5, 0.6) is 0 Å². The molecule has 1 amide bonds. The third-order valence-electron chi connectivity index (χ3n) is 5.65. The van der Waals surface area contributed by atoms with Gasteiger partial charge in [-0.2, -0.15) is 0 Å². The molecule has 0 saturated heterocycles. The number of hydrogen-bond acceptors (Lipinski definition) is 6. The van der Waals surface area contributed by atoms with Crippen molar-refractivity contribution < 1.29 is 18.7 Å². The Hall–Kier alpha value is -3.97. The van der Waals surface area contributed by atoms with Crippen molar-refractivity contribution in [3.05, 3.63) is 110 Å². The lowest BCUT2D eigenvalue weighted by atomic mass is 9.97. The number of esters is 1. The highest BCUT2D eigenvalue weighted by Crippen LogP contribution is 2.39. The zero-order valence-electron chi connectivity index (χ0n) is 17.4. The molecule has 0 bridgehead atoms. The van der Waals surface area contributed by atoms with Crippen LogP contribution in [0.15, 0.2) is 76.2 Å². The number of pyridine rings is 1. The fraction of sp³-hybridized carbons (Fsp3) is 0.120. The molecule has 1 aliphatic rings. The summed E-state index contributed by atoms with van der Waals surface area (Å²) in [5, 5.41) is 0.693. The van der Waals surface area contributed by atoms with Crippen molar-refractivity contribution in [3.8, 4) is 0 Å². The predicted octanol–water partition coefficient (Wildman–Crippen LogP) is 4.37. The van der Waals surface area contributed by atoms with E-state index in [0.29, 0.717) is 27.1 Å². The monoisotopic (exact) mass is 460 g/mol. The summed E-state index contributed by atoms with van der Waals surface area (Å²) in [7, 11) is 1.30. The summed E-state index contributed by atoms with van der Waals surface area (Å²) < 4.78 is 10.7. The fourth-order valence-electron chi connectivity index (χ4n) is 4.11. The molecule has 3 heterocycles.